The number of hydrogen-bond acceptors (Lipinski definition) is 4. The Labute approximate surface area is 86.1 Å². The number of nitrogens with two attached hydrogens (primary N) is 1. The fraction of sp³-hybridized carbons (Fsp3) is 1.00. The summed E-state index contributed by atoms with van der Waals surface area (Å²) in [5, 5.41) is -0.560. The molecule has 1 atom stereocenters. The topological polar surface area (TPSA) is 81.4 Å². The van der Waals surface area contributed by atoms with E-state index in [0.717, 1.165) is 0 Å². The van der Waals surface area contributed by atoms with E-state index in [2.05, 4.69) is 4.72 Å². The number of nitrogens with one attached hydrogen (secondary N) is 1. The minimum absolute atomic E-state index is 0.181. The normalized spacial score (nSPS) is 15.5. The van der Waals surface area contributed by atoms with E-state index in [4.69, 9.17) is 10.5 Å². The summed E-state index contributed by atoms with van der Waals surface area (Å²) in [6.45, 7) is 5.52. The van der Waals surface area contributed by atoms with Crippen molar-refractivity contribution in [2.24, 2.45) is 5.73 Å². The zero-order valence-electron chi connectivity index (χ0n) is 9.20. The molecule has 0 aromatic rings. The second-order valence-electron chi connectivity index (χ2n) is 4.12. The maximum Gasteiger partial charge on any atom is 0.216 e. The van der Waals surface area contributed by atoms with Gasteiger partial charge in [-0.25, -0.2) is 13.1 Å². The molecule has 1 unspecified atom stereocenters. The van der Waals surface area contributed by atoms with E-state index in [1.54, 1.807) is 20.8 Å². The molecule has 0 heterocycles. The molecule has 0 bridgehead atoms. The number of methoxy groups -OCH3 is 1. The number of hydrogen-bond donors (Lipinski definition) is 2. The lowest BCUT2D eigenvalue weighted by molar-refractivity contribution is 0.200. The summed E-state index contributed by atoms with van der Waals surface area (Å²) in [6, 6.07) is 0. The van der Waals surface area contributed by atoms with Crippen LogP contribution in [0.2, 0.25) is 0 Å². The Morgan fingerprint density at radius 1 is 1.50 bits per heavy atom. The van der Waals surface area contributed by atoms with E-state index in [1.165, 1.54) is 7.11 Å². The van der Waals surface area contributed by atoms with Crippen molar-refractivity contribution in [3.63, 3.8) is 0 Å². The van der Waals surface area contributed by atoms with E-state index in [-0.39, 0.29) is 13.2 Å². The van der Waals surface area contributed by atoms with Crippen LogP contribution < -0.4 is 10.5 Å². The Hall–Kier alpha value is -0.170. The molecule has 14 heavy (non-hydrogen) atoms. The van der Waals surface area contributed by atoms with Crippen molar-refractivity contribution in [1.82, 2.24) is 4.72 Å². The third-order valence-corrected chi connectivity index (χ3v) is 3.40. The summed E-state index contributed by atoms with van der Waals surface area (Å²) < 4.78 is 30.3. The molecule has 0 aliphatic rings. The first-order chi connectivity index (χ1) is 6.19. The Kier molecular flexibility index (Phi) is 5.00. The third-order valence-electron chi connectivity index (χ3n) is 1.66. The molecule has 0 saturated carbocycles. The van der Waals surface area contributed by atoms with Crippen molar-refractivity contribution in [3.05, 3.63) is 0 Å². The van der Waals surface area contributed by atoms with Gasteiger partial charge in [0, 0.05) is 19.2 Å². The highest BCUT2D eigenvalue weighted by Gasteiger charge is 2.22. The van der Waals surface area contributed by atoms with Crippen LogP contribution in [0.1, 0.15) is 20.8 Å². The molecule has 86 valence electrons. The standard InChI is InChI=1S/C8H20N2O3S/c1-7(5-13-4)14(11,12)10-6-8(2,3)9/h7,10H,5-6,9H2,1-4H3. The van der Waals surface area contributed by atoms with Crippen LogP contribution in [0.15, 0.2) is 0 Å². The first-order valence-electron chi connectivity index (χ1n) is 4.45. The monoisotopic (exact) mass is 224 g/mol. The number of rotatable bonds is 6. The SMILES string of the molecule is COCC(C)S(=O)(=O)NCC(C)(C)N. The lowest BCUT2D eigenvalue weighted by Crippen LogP contribution is -2.47. The Bertz CT molecular complexity index is 256. The molecular formula is C8H20N2O3S. The summed E-state index contributed by atoms with van der Waals surface area (Å²) in [5.74, 6) is 0. The van der Waals surface area contributed by atoms with Crippen molar-refractivity contribution < 1.29 is 13.2 Å². The predicted octanol–water partition coefficient (Wildman–Crippen LogP) is -0.322. The summed E-state index contributed by atoms with van der Waals surface area (Å²) in [6.07, 6.45) is 0. The van der Waals surface area contributed by atoms with Crippen LogP contribution in [0.4, 0.5) is 0 Å². The van der Waals surface area contributed by atoms with Crippen LogP contribution >= 0.6 is 0 Å². The number of sulfonamides is 1. The van der Waals surface area contributed by atoms with Crippen molar-refractivity contribution in [2.45, 2.75) is 31.6 Å². The van der Waals surface area contributed by atoms with E-state index in [9.17, 15) is 8.42 Å². The van der Waals surface area contributed by atoms with Gasteiger partial charge in [0.25, 0.3) is 0 Å². The maximum atomic E-state index is 11.5. The summed E-state index contributed by atoms with van der Waals surface area (Å²) in [5.41, 5.74) is 5.12. The molecule has 6 heteroatoms. The second-order valence-corrected chi connectivity index (χ2v) is 6.30. The summed E-state index contributed by atoms with van der Waals surface area (Å²) in [4.78, 5) is 0. The lowest BCUT2D eigenvalue weighted by atomic mass is 10.1. The molecule has 0 aliphatic heterocycles. The lowest BCUT2D eigenvalue weighted by Gasteiger charge is -2.20. The summed E-state index contributed by atoms with van der Waals surface area (Å²) >= 11 is 0. The van der Waals surface area contributed by atoms with Crippen molar-refractivity contribution >= 4 is 10.0 Å². The second kappa shape index (κ2) is 5.06. The molecule has 0 rings (SSSR count). The molecule has 0 aliphatic carbocycles. The highest BCUT2D eigenvalue weighted by molar-refractivity contribution is 7.90. The van der Waals surface area contributed by atoms with Crippen molar-refractivity contribution in [2.75, 3.05) is 20.3 Å². The maximum absolute atomic E-state index is 11.5. The first-order valence-corrected chi connectivity index (χ1v) is 6.00. The minimum atomic E-state index is -3.31. The van der Waals surface area contributed by atoms with E-state index < -0.39 is 20.8 Å². The van der Waals surface area contributed by atoms with Gasteiger partial charge < -0.3 is 10.5 Å². The van der Waals surface area contributed by atoms with Crippen LogP contribution in [0, 0.1) is 0 Å². The molecule has 0 aromatic heterocycles. The molecule has 0 radical (unpaired) electrons. The van der Waals surface area contributed by atoms with Gasteiger partial charge in [-0.05, 0) is 20.8 Å². The Balaban J connectivity index is 4.22. The van der Waals surface area contributed by atoms with Gasteiger partial charge in [0.05, 0.1) is 11.9 Å². The van der Waals surface area contributed by atoms with Crippen LogP contribution in [0.3, 0.4) is 0 Å². The molecule has 0 saturated heterocycles. The van der Waals surface area contributed by atoms with Gasteiger partial charge in [-0.15, -0.1) is 0 Å². The van der Waals surface area contributed by atoms with Crippen LogP contribution in [0.5, 0.6) is 0 Å². The molecule has 0 amide bonds. The molecule has 5 nitrogen and oxygen atoms in total. The molecule has 0 aromatic carbocycles. The summed E-state index contributed by atoms with van der Waals surface area (Å²) in [7, 11) is -1.84. The number of ether oxygens (including phenoxy) is 1. The molecule has 3 N–H and O–H groups in total. The molecular weight excluding hydrogens is 204 g/mol. The van der Waals surface area contributed by atoms with Crippen LogP contribution in [-0.4, -0.2) is 39.5 Å². The first kappa shape index (κ1) is 13.8. The van der Waals surface area contributed by atoms with Gasteiger partial charge >= 0.3 is 0 Å². The zero-order valence-corrected chi connectivity index (χ0v) is 10.0. The van der Waals surface area contributed by atoms with E-state index >= 15 is 0 Å². The average Bonchev–Trinajstić information content (AvgIpc) is 2.00. The van der Waals surface area contributed by atoms with Crippen LogP contribution in [0.25, 0.3) is 0 Å². The smallest absolute Gasteiger partial charge is 0.216 e. The highest BCUT2D eigenvalue weighted by atomic mass is 32.2. The van der Waals surface area contributed by atoms with E-state index in [1.807, 2.05) is 0 Å². The van der Waals surface area contributed by atoms with Gasteiger partial charge in [0.2, 0.25) is 10.0 Å². The van der Waals surface area contributed by atoms with Gasteiger partial charge in [-0.2, -0.15) is 0 Å². The minimum Gasteiger partial charge on any atom is -0.383 e. The average molecular weight is 224 g/mol. The largest absolute Gasteiger partial charge is 0.383 e. The van der Waals surface area contributed by atoms with Crippen molar-refractivity contribution in [1.29, 1.82) is 0 Å². The fourth-order valence-corrected chi connectivity index (χ4v) is 1.93. The Morgan fingerprint density at radius 3 is 2.36 bits per heavy atom. The highest BCUT2D eigenvalue weighted by Crippen LogP contribution is 2.01. The predicted molar refractivity (Wildman–Crippen MR) is 56.5 cm³/mol. The fourth-order valence-electron chi connectivity index (χ4n) is 0.753. The third kappa shape index (κ3) is 5.54. The van der Waals surface area contributed by atoms with Gasteiger partial charge in [-0.3, -0.25) is 0 Å². The Morgan fingerprint density at radius 2 is 2.00 bits per heavy atom. The molecule has 0 spiro atoms. The van der Waals surface area contributed by atoms with E-state index in [0.29, 0.717) is 0 Å². The molecule has 0 fully saturated rings. The van der Waals surface area contributed by atoms with Gasteiger partial charge in [-0.1, -0.05) is 0 Å². The van der Waals surface area contributed by atoms with Crippen LogP contribution in [-0.2, 0) is 14.8 Å². The van der Waals surface area contributed by atoms with Crippen molar-refractivity contribution in [3.8, 4) is 0 Å². The quantitative estimate of drug-likeness (QED) is 0.648. The van der Waals surface area contributed by atoms with Gasteiger partial charge in [0.1, 0.15) is 0 Å². The zero-order chi connectivity index (χ0) is 11.4. The van der Waals surface area contributed by atoms with Gasteiger partial charge in [0.15, 0.2) is 0 Å².